The largest absolute Gasteiger partial charge is 0.285 e. The van der Waals surface area contributed by atoms with Gasteiger partial charge < -0.3 is 0 Å². The number of aryl methyl sites for hydroxylation is 3. The predicted octanol–water partition coefficient (Wildman–Crippen LogP) is 2.50. The Hall–Kier alpha value is -1.64. The van der Waals surface area contributed by atoms with Gasteiger partial charge in [0.2, 0.25) is 0 Å². The normalized spacial score (nSPS) is 10.7. The van der Waals surface area contributed by atoms with E-state index >= 15 is 0 Å². The quantitative estimate of drug-likeness (QED) is 0.709. The molecule has 0 aliphatic heterocycles. The summed E-state index contributed by atoms with van der Waals surface area (Å²) in [7, 11) is 0. The van der Waals surface area contributed by atoms with Crippen molar-refractivity contribution in [1.82, 2.24) is 14.8 Å². The zero-order valence-corrected chi connectivity index (χ0v) is 9.57. The summed E-state index contributed by atoms with van der Waals surface area (Å²) >= 11 is 0. The van der Waals surface area contributed by atoms with Gasteiger partial charge in [0.1, 0.15) is 12.2 Å². The molecule has 1 aromatic heterocycles. The molecule has 0 spiro atoms. The van der Waals surface area contributed by atoms with Crippen molar-refractivity contribution < 1.29 is 0 Å². The van der Waals surface area contributed by atoms with Gasteiger partial charge in [-0.15, -0.1) is 10.2 Å². The Labute approximate surface area is 89.8 Å². The molecule has 0 aliphatic rings. The van der Waals surface area contributed by atoms with Gasteiger partial charge in [-0.2, -0.15) is 0 Å². The van der Waals surface area contributed by atoms with Crippen molar-refractivity contribution in [3.8, 4) is 5.69 Å². The Bertz CT molecular complexity index is 498. The van der Waals surface area contributed by atoms with E-state index in [4.69, 9.17) is 0 Å². The van der Waals surface area contributed by atoms with Crippen LogP contribution in [0.1, 0.15) is 22.5 Å². The number of aromatic nitrogens is 3. The summed E-state index contributed by atoms with van der Waals surface area (Å²) in [6.07, 6.45) is 1.77. The molecule has 2 aromatic rings. The first-order valence-electron chi connectivity index (χ1n) is 5.05. The van der Waals surface area contributed by atoms with E-state index in [0.717, 1.165) is 5.82 Å². The molecule has 0 saturated carbocycles. The molecule has 0 fully saturated rings. The molecule has 3 nitrogen and oxygen atoms in total. The third kappa shape index (κ3) is 1.54. The third-order valence-corrected chi connectivity index (χ3v) is 2.86. The van der Waals surface area contributed by atoms with E-state index in [9.17, 15) is 0 Å². The molecule has 0 saturated heterocycles. The molecule has 3 heteroatoms. The minimum atomic E-state index is 0.923. The standard InChI is InChI=1S/C12H15N3/c1-8-5-6-9(2)12(10(8)3)15-7-13-14-11(15)4/h5-7H,1-4H3. The van der Waals surface area contributed by atoms with E-state index in [1.165, 1.54) is 22.4 Å². The van der Waals surface area contributed by atoms with Gasteiger partial charge in [-0.1, -0.05) is 12.1 Å². The molecule has 0 amide bonds. The molecule has 0 bridgehead atoms. The fourth-order valence-corrected chi connectivity index (χ4v) is 1.82. The number of hydrogen-bond donors (Lipinski definition) is 0. The molecule has 78 valence electrons. The van der Waals surface area contributed by atoms with Crippen molar-refractivity contribution in [2.75, 3.05) is 0 Å². The molecule has 0 radical (unpaired) electrons. The maximum absolute atomic E-state index is 4.02. The summed E-state index contributed by atoms with van der Waals surface area (Å²) in [5.74, 6) is 0.923. The van der Waals surface area contributed by atoms with Gasteiger partial charge >= 0.3 is 0 Å². The van der Waals surface area contributed by atoms with E-state index in [0.29, 0.717) is 0 Å². The predicted molar refractivity (Wildman–Crippen MR) is 60.3 cm³/mol. The molecule has 1 heterocycles. The molecule has 0 N–H and O–H groups in total. The molecule has 1 aromatic carbocycles. The van der Waals surface area contributed by atoms with Crippen LogP contribution in [-0.2, 0) is 0 Å². The van der Waals surface area contributed by atoms with Crippen molar-refractivity contribution in [3.63, 3.8) is 0 Å². The van der Waals surface area contributed by atoms with Crippen LogP contribution in [-0.4, -0.2) is 14.8 Å². The monoisotopic (exact) mass is 201 g/mol. The number of benzene rings is 1. The Balaban J connectivity index is 2.72. The van der Waals surface area contributed by atoms with Crippen molar-refractivity contribution in [2.45, 2.75) is 27.7 Å². The van der Waals surface area contributed by atoms with Crippen molar-refractivity contribution in [2.24, 2.45) is 0 Å². The van der Waals surface area contributed by atoms with E-state index in [2.05, 4.69) is 43.1 Å². The minimum absolute atomic E-state index is 0.923. The van der Waals surface area contributed by atoms with Gasteiger partial charge in [-0.25, -0.2) is 0 Å². The third-order valence-electron chi connectivity index (χ3n) is 2.86. The molecule has 2 rings (SSSR count). The Morgan fingerprint density at radius 2 is 1.67 bits per heavy atom. The molecule has 0 atom stereocenters. The first-order chi connectivity index (χ1) is 7.11. The Morgan fingerprint density at radius 1 is 1.00 bits per heavy atom. The fraction of sp³-hybridized carbons (Fsp3) is 0.333. The molecular weight excluding hydrogens is 186 g/mol. The summed E-state index contributed by atoms with van der Waals surface area (Å²) in [4.78, 5) is 0. The average Bonchev–Trinajstić information content (AvgIpc) is 2.60. The number of nitrogens with zero attached hydrogens (tertiary/aromatic N) is 3. The molecule has 0 unspecified atom stereocenters. The Kier molecular flexibility index (Phi) is 2.31. The van der Waals surface area contributed by atoms with Gasteiger partial charge in [-0.3, -0.25) is 4.57 Å². The maximum Gasteiger partial charge on any atom is 0.134 e. The van der Waals surface area contributed by atoms with Crippen LogP contribution in [0.3, 0.4) is 0 Å². The number of rotatable bonds is 1. The lowest BCUT2D eigenvalue weighted by Gasteiger charge is -2.13. The Morgan fingerprint density at radius 3 is 2.27 bits per heavy atom. The highest BCUT2D eigenvalue weighted by atomic mass is 15.3. The van der Waals surface area contributed by atoms with Crippen LogP contribution in [0.15, 0.2) is 18.5 Å². The van der Waals surface area contributed by atoms with Crippen molar-refractivity contribution >= 4 is 0 Å². The van der Waals surface area contributed by atoms with E-state index in [1.807, 2.05) is 11.5 Å². The minimum Gasteiger partial charge on any atom is -0.285 e. The summed E-state index contributed by atoms with van der Waals surface area (Å²) in [6, 6.07) is 4.28. The van der Waals surface area contributed by atoms with Gasteiger partial charge in [0, 0.05) is 0 Å². The van der Waals surface area contributed by atoms with Gasteiger partial charge in [0.25, 0.3) is 0 Å². The number of hydrogen-bond acceptors (Lipinski definition) is 2. The lowest BCUT2D eigenvalue weighted by molar-refractivity contribution is 0.947. The van der Waals surface area contributed by atoms with Crippen LogP contribution in [0, 0.1) is 27.7 Å². The summed E-state index contributed by atoms with van der Waals surface area (Å²) in [5, 5.41) is 7.94. The highest BCUT2D eigenvalue weighted by molar-refractivity contribution is 5.50. The zero-order valence-electron chi connectivity index (χ0n) is 9.57. The van der Waals surface area contributed by atoms with E-state index < -0.39 is 0 Å². The van der Waals surface area contributed by atoms with Gasteiger partial charge in [-0.05, 0) is 44.4 Å². The van der Waals surface area contributed by atoms with Crippen LogP contribution in [0.5, 0.6) is 0 Å². The molecule has 0 aliphatic carbocycles. The second kappa shape index (κ2) is 3.50. The zero-order chi connectivity index (χ0) is 11.0. The SMILES string of the molecule is Cc1ccc(C)c(-n2cnnc2C)c1C. The van der Waals surface area contributed by atoms with Crippen molar-refractivity contribution in [1.29, 1.82) is 0 Å². The van der Waals surface area contributed by atoms with Gasteiger partial charge in [0.15, 0.2) is 0 Å². The van der Waals surface area contributed by atoms with Crippen LogP contribution in [0.2, 0.25) is 0 Å². The second-order valence-corrected chi connectivity index (χ2v) is 3.92. The van der Waals surface area contributed by atoms with Crippen molar-refractivity contribution in [3.05, 3.63) is 41.0 Å². The highest BCUT2D eigenvalue weighted by Gasteiger charge is 2.09. The van der Waals surface area contributed by atoms with Crippen LogP contribution >= 0.6 is 0 Å². The van der Waals surface area contributed by atoms with Crippen LogP contribution in [0.4, 0.5) is 0 Å². The van der Waals surface area contributed by atoms with Gasteiger partial charge in [0.05, 0.1) is 5.69 Å². The van der Waals surface area contributed by atoms with Crippen LogP contribution in [0.25, 0.3) is 5.69 Å². The lowest BCUT2D eigenvalue weighted by atomic mass is 10.0. The van der Waals surface area contributed by atoms with E-state index in [-0.39, 0.29) is 0 Å². The molecule has 15 heavy (non-hydrogen) atoms. The molecular formula is C12H15N3. The topological polar surface area (TPSA) is 30.7 Å². The summed E-state index contributed by atoms with van der Waals surface area (Å²) in [6.45, 7) is 8.34. The second-order valence-electron chi connectivity index (χ2n) is 3.92. The summed E-state index contributed by atoms with van der Waals surface area (Å²) < 4.78 is 2.04. The highest BCUT2D eigenvalue weighted by Crippen LogP contribution is 2.22. The first kappa shape index (κ1) is 9.90. The van der Waals surface area contributed by atoms with E-state index in [1.54, 1.807) is 6.33 Å². The van der Waals surface area contributed by atoms with Crippen LogP contribution < -0.4 is 0 Å². The smallest absolute Gasteiger partial charge is 0.134 e. The maximum atomic E-state index is 4.02. The first-order valence-corrected chi connectivity index (χ1v) is 5.05. The lowest BCUT2D eigenvalue weighted by Crippen LogP contribution is -2.02. The fourth-order valence-electron chi connectivity index (χ4n) is 1.82. The summed E-state index contributed by atoms with van der Waals surface area (Å²) in [5.41, 5.74) is 5.04. The average molecular weight is 201 g/mol.